The SMILES string of the molecule is Cc1cccc(C(=O)NCC(C)CBr)c1O. The number of phenols is 1. The van der Waals surface area contributed by atoms with Gasteiger partial charge in [-0.05, 0) is 24.5 Å². The molecule has 0 bridgehead atoms. The van der Waals surface area contributed by atoms with E-state index >= 15 is 0 Å². The number of aromatic hydroxyl groups is 1. The average Bonchev–Trinajstić information content (AvgIpc) is 2.29. The minimum absolute atomic E-state index is 0.0616. The van der Waals surface area contributed by atoms with Crippen LogP contribution < -0.4 is 5.32 Å². The van der Waals surface area contributed by atoms with Crippen molar-refractivity contribution in [2.24, 2.45) is 5.92 Å². The number of para-hydroxylation sites is 1. The first kappa shape index (κ1) is 13.0. The Hall–Kier alpha value is -1.03. The third kappa shape index (κ3) is 3.23. The lowest BCUT2D eigenvalue weighted by Gasteiger charge is -2.11. The van der Waals surface area contributed by atoms with Gasteiger partial charge in [0.05, 0.1) is 5.56 Å². The first-order valence-corrected chi connectivity index (χ1v) is 6.31. The second-order valence-corrected chi connectivity index (χ2v) is 4.59. The van der Waals surface area contributed by atoms with E-state index in [9.17, 15) is 9.90 Å². The number of halogens is 1. The van der Waals surface area contributed by atoms with E-state index in [1.807, 2.05) is 6.92 Å². The highest BCUT2D eigenvalue weighted by atomic mass is 79.9. The van der Waals surface area contributed by atoms with Crippen molar-refractivity contribution < 1.29 is 9.90 Å². The summed E-state index contributed by atoms with van der Waals surface area (Å²) in [5.41, 5.74) is 1.04. The summed E-state index contributed by atoms with van der Waals surface area (Å²) in [5, 5.41) is 13.3. The monoisotopic (exact) mass is 285 g/mol. The van der Waals surface area contributed by atoms with Gasteiger partial charge in [0.2, 0.25) is 0 Å². The maximum Gasteiger partial charge on any atom is 0.255 e. The normalized spacial score (nSPS) is 12.2. The van der Waals surface area contributed by atoms with Crippen LogP contribution in [0.25, 0.3) is 0 Å². The fraction of sp³-hybridized carbons (Fsp3) is 0.417. The van der Waals surface area contributed by atoms with Gasteiger partial charge in [-0.1, -0.05) is 35.0 Å². The predicted molar refractivity (Wildman–Crippen MR) is 68.1 cm³/mol. The second-order valence-electron chi connectivity index (χ2n) is 3.94. The topological polar surface area (TPSA) is 49.3 Å². The Balaban J connectivity index is 2.70. The molecular formula is C12H16BrNO2. The molecule has 0 aliphatic carbocycles. The average molecular weight is 286 g/mol. The minimum Gasteiger partial charge on any atom is -0.507 e. The maximum atomic E-state index is 11.8. The molecule has 0 aliphatic rings. The summed E-state index contributed by atoms with van der Waals surface area (Å²) in [7, 11) is 0. The van der Waals surface area contributed by atoms with Crippen molar-refractivity contribution in [1.82, 2.24) is 5.32 Å². The molecule has 0 saturated heterocycles. The van der Waals surface area contributed by atoms with E-state index in [4.69, 9.17) is 0 Å². The molecule has 1 rings (SSSR count). The van der Waals surface area contributed by atoms with E-state index < -0.39 is 0 Å². The van der Waals surface area contributed by atoms with Crippen LogP contribution in [-0.4, -0.2) is 22.9 Å². The molecular weight excluding hydrogens is 270 g/mol. The smallest absolute Gasteiger partial charge is 0.255 e. The van der Waals surface area contributed by atoms with Crippen LogP contribution in [-0.2, 0) is 0 Å². The van der Waals surface area contributed by atoms with Crippen LogP contribution in [0.4, 0.5) is 0 Å². The Morgan fingerprint density at radius 3 is 2.88 bits per heavy atom. The Morgan fingerprint density at radius 1 is 1.56 bits per heavy atom. The minimum atomic E-state index is -0.228. The van der Waals surface area contributed by atoms with E-state index in [0.717, 1.165) is 5.33 Å². The molecule has 0 saturated carbocycles. The van der Waals surface area contributed by atoms with Crippen LogP contribution in [0, 0.1) is 12.8 Å². The summed E-state index contributed by atoms with van der Waals surface area (Å²) >= 11 is 3.35. The molecule has 1 atom stereocenters. The summed E-state index contributed by atoms with van der Waals surface area (Å²) in [6, 6.07) is 5.15. The van der Waals surface area contributed by atoms with Crippen LogP contribution in [0.5, 0.6) is 5.75 Å². The standard InChI is InChI=1S/C12H16BrNO2/c1-8(6-13)7-14-12(16)10-5-3-4-9(2)11(10)15/h3-5,8,15H,6-7H2,1-2H3,(H,14,16). The van der Waals surface area contributed by atoms with Gasteiger partial charge >= 0.3 is 0 Å². The van der Waals surface area contributed by atoms with Gasteiger partial charge in [0.15, 0.2) is 0 Å². The Kier molecular flexibility index (Phi) is 4.80. The first-order chi connectivity index (χ1) is 7.56. The summed E-state index contributed by atoms with van der Waals surface area (Å²) in [4.78, 5) is 11.8. The molecule has 1 unspecified atom stereocenters. The molecule has 0 aromatic heterocycles. The van der Waals surface area contributed by atoms with E-state index in [-0.39, 0.29) is 11.7 Å². The molecule has 4 heteroatoms. The first-order valence-electron chi connectivity index (χ1n) is 5.19. The number of carbonyl (C=O) groups is 1. The molecule has 1 aromatic carbocycles. The second kappa shape index (κ2) is 5.89. The van der Waals surface area contributed by atoms with E-state index in [1.54, 1.807) is 25.1 Å². The van der Waals surface area contributed by atoms with Crippen molar-refractivity contribution in [2.75, 3.05) is 11.9 Å². The zero-order chi connectivity index (χ0) is 12.1. The summed E-state index contributed by atoms with van der Waals surface area (Å²) in [5.74, 6) is 0.205. The predicted octanol–water partition coefficient (Wildman–Crippen LogP) is 2.46. The number of benzene rings is 1. The van der Waals surface area contributed by atoms with E-state index in [0.29, 0.717) is 23.6 Å². The molecule has 0 spiro atoms. The van der Waals surface area contributed by atoms with E-state index in [1.165, 1.54) is 0 Å². The largest absolute Gasteiger partial charge is 0.507 e. The van der Waals surface area contributed by atoms with Crippen LogP contribution in [0.15, 0.2) is 18.2 Å². The van der Waals surface area contributed by atoms with Gasteiger partial charge in [0.1, 0.15) is 5.75 Å². The molecule has 2 N–H and O–H groups in total. The molecule has 1 amide bonds. The molecule has 16 heavy (non-hydrogen) atoms. The van der Waals surface area contributed by atoms with E-state index in [2.05, 4.69) is 21.2 Å². The molecule has 3 nitrogen and oxygen atoms in total. The van der Waals surface area contributed by atoms with Crippen LogP contribution >= 0.6 is 15.9 Å². The molecule has 0 fully saturated rings. The number of carbonyl (C=O) groups excluding carboxylic acids is 1. The van der Waals surface area contributed by atoms with Gasteiger partial charge in [-0.3, -0.25) is 4.79 Å². The maximum absolute atomic E-state index is 11.8. The van der Waals surface area contributed by atoms with Crippen LogP contribution in [0.3, 0.4) is 0 Å². The fourth-order valence-corrected chi connectivity index (χ4v) is 1.49. The number of aryl methyl sites for hydroxylation is 1. The van der Waals surface area contributed by atoms with Gasteiger partial charge in [0, 0.05) is 11.9 Å². The zero-order valence-corrected chi connectivity index (χ0v) is 11.0. The molecule has 0 heterocycles. The van der Waals surface area contributed by atoms with Crippen LogP contribution in [0.1, 0.15) is 22.8 Å². The van der Waals surface area contributed by atoms with Crippen molar-refractivity contribution in [3.63, 3.8) is 0 Å². The lowest BCUT2D eigenvalue weighted by molar-refractivity contribution is 0.0946. The van der Waals surface area contributed by atoms with Gasteiger partial charge < -0.3 is 10.4 Å². The Bertz CT molecular complexity index is 379. The van der Waals surface area contributed by atoms with Crippen LogP contribution in [0.2, 0.25) is 0 Å². The highest BCUT2D eigenvalue weighted by Crippen LogP contribution is 2.21. The third-order valence-electron chi connectivity index (χ3n) is 2.36. The van der Waals surface area contributed by atoms with Crippen molar-refractivity contribution in [3.8, 4) is 5.75 Å². The summed E-state index contributed by atoms with van der Waals surface area (Å²) in [6.07, 6.45) is 0. The fourth-order valence-electron chi connectivity index (χ4n) is 1.26. The van der Waals surface area contributed by atoms with Crippen molar-refractivity contribution in [1.29, 1.82) is 0 Å². The van der Waals surface area contributed by atoms with Crippen molar-refractivity contribution in [3.05, 3.63) is 29.3 Å². The quantitative estimate of drug-likeness (QED) is 0.835. The van der Waals surface area contributed by atoms with Gasteiger partial charge in [-0.25, -0.2) is 0 Å². The lowest BCUT2D eigenvalue weighted by Crippen LogP contribution is -2.28. The highest BCUT2D eigenvalue weighted by Gasteiger charge is 2.12. The van der Waals surface area contributed by atoms with Gasteiger partial charge in [0.25, 0.3) is 5.91 Å². The number of phenolic OH excluding ortho intramolecular Hbond substituents is 1. The number of rotatable bonds is 4. The molecule has 0 aliphatic heterocycles. The number of alkyl halides is 1. The Morgan fingerprint density at radius 2 is 2.25 bits per heavy atom. The zero-order valence-electron chi connectivity index (χ0n) is 9.46. The third-order valence-corrected chi connectivity index (χ3v) is 3.46. The highest BCUT2D eigenvalue weighted by molar-refractivity contribution is 9.09. The summed E-state index contributed by atoms with van der Waals surface area (Å²) < 4.78 is 0. The van der Waals surface area contributed by atoms with Gasteiger partial charge in [-0.2, -0.15) is 0 Å². The van der Waals surface area contributed by atoms with Crippen molar-refractivity contribution in [2.45, 2.75) is 13.8 Å². The number of amides is 1. The molecule has 88 valence electrons. The summed E-state index contributed by atoms with van der Waals surface area (Å²) in [6.45, 7) is 4.40. The van der Waals surface area contributed by atoms with Crippen molar-refractivity contribution >= 4 is 21.8 Å². The number of hydrogen-bond acceptors (Lipinski definition) is 2. The molecule has 1 aromatic rings. The Labute approximate surface area is 104 Å². The lowest BCUT2D eigenvalue weighted by atomic mass is 10.1. The molecule has 0 radical (unpaired) electrons. The van der Waals surface area contributed by atoms with Gasteiger partial charge in [-0.15, -0.1) is 0 Å². The number of hydrogen-bond donors (Lipinski definition) is 2. The number of nitrogens with one attached hydrogen (secondary N) is 1.